The molecule has 0 aliphatic heterocycles. The molecule has 0 bridgehead atoms. The molecule has 4 nitrogen and oxygen atoms in total. The molecule has 82 valence electrons. The van der Waals surface area contributed by atoms with Crippen molar-refractivity contribution in [1.29, 1.82) is 0 Å². The number of hydrogen-bond acceptors (Lipinski definition) is 3. The maximum atomic E-state index is 11.4. The molecule has 1 N–H and O–H groups in total. The molecule has 5 heteroatoms. The summed E-state index contributed by atoms with van der Waals surface area (Å²) in [7, 11) is 0. The number of anilines is 1. The van der Waals surface area contributed by atoms with Gasteiger partial charge in [0.1, 0.15) is 5.60 Å². The number of carbonyl (C=O) groups excluding carboxylic acids is 1. The molecule has 1 aromatic heterocycles. The van der Waals surface area contributed by atoms with Gasteiger partial charge in [0.25, 0.3) is 0 Å². The molecule has 0 atom stereocenters. The normalized spacial score (nSPS) is 10.9. The van der Waals surface area contributed by atoms with Crippen molar-refractivity contribution in [3.8, 4) is 0 Å². The maximum absolute atomic E-state index is 11.4. The molecular weight excluding hydrogens is 260 g/mol. The standard InChI is InChI=1S/C10H13BrN2O2/c1-10(2,3)15-9(14)13-8-6-12-5-4-7(8)11/h4-6H,1-3H3,(H,13,14). The Morgan fingerprint density at radius 2 is 2.20 bits per heavy atom. The Balaban J connectivity index is 2.64. The van der Waals surface area contributed by atoms with Crippen LogP contribution in [-0.4, -0.2) is 16.7 Å². The number of nitrogens with one attached hydrogen (secondary N) is 1. The number of aromatic nitrogens is 1. The van der Waals surface area contributed by atoms with E-state index in [-0.39, 0.29) is 0 Å². The van der Waals surface area contributed by atoms with Gasteiger partial charge < -0.3 is 4.74 Å². The molecule has 0 saturated carbocycles. The smallest absolute Gasteiger partial charge is 0.412 e. The minimum Gasteiger partial charge on any atom is -0.444 e. The van der Waals surface area contributed by atoms with E-state index in [1.165, 1.54) is 0 Å². The average molecular weight is 273 g/mol. The first-order valence-corrected chi connectivity index (χ1v) is 5.27. The highest BCUT2D eigenvalue weighted by Crippen LogP contribution is 2.20. The first-order valence-electron chi connectivity index (χ1n) is 4.48. The van der Waals surface area contributed by atoms with Crippen LogP contribution in [0.1, 0.15) is 20.8 Å². The van der Waals surface area contributed by atoms with Gasteiger partial charge in [0.15, 0.2) is 0 Å². The molecule has 15 heavy (non-hydrogen) atoms. The molecule has 0 aliphatic rings. The number of ether oxygens (including phenoxy) is 1. The largest absolute Gasteiger partial charge is 0.444 e. The molecule has 0 aliphatic carbocycles. The van der Waals surface area contributed by atoms with Gasteiger partial charge in [-0.15, -0.1) is 0 Å². The number of carbonyl (C=O) groups is 1. The predicted octanol–water partition coefficient (Wildman–Crippen LogP) is 3.19. The van der Waals surface area contributed by atoms with Crippen molar-refractivity contribution in [2.45, 2.75) is 26.4 Å². The summed E-state index contributed by atoms with van der Waals surface area (Å²) in [5.41, 5.74) is 0.0884. The molecule has 1 rings (SSSR count). The third-order valence-corrected chi connectivity index (χ3v) is 2.09. The Kier molecular flexibility index (Phi) is 3.68. The summed E-state index contributed by atoms with van der Waals surface area (Å²) >= 11 is 3.29. The number of nitrogens with zero attached hydrogens (tertiary/aromatic N) is 1. The van der Waals surface area contributed by atoms with Gasteiger partial charge in [-0.1, -0.05) is 0 Å². The number of pyridine rings is 1. The van der Waals surface area contributed by atoms with Gasteiger partial charge in [0.05, 0.1) is 11.9 Å². The quantitative estimate of drug-likeness (QED) is 0.854. The summed E-state index contributed by atoms with van der Waals surface area (Å²) in [6.45, 7) is 5.43. The van der Waals surface area contributed by atoms with Gasteiger partial charge in [0.2, 0.25) is 0 Å². The maximum Gasteiger partial charge on any atom is 0.412 e. The summed E-state index contributed by atoms with van der Waals surface area (Å²) < 4.78 is 5.86. The van der Waals surface area contributed by atoms with Gasteiger partial charge in [-0.2, -0.15) is 0 Å². The topological polar surface area (TPSA) is 51.2 Å². The minimum atomic E-state index is -0.501. The lowest BCUT2D eigenvalue weighted by molar-refractivity contribution is 0.0636. The minimum absolute atomic E-state index is 0.490. The zero-order valence-electron chi connectivity index (χ0n) is 8.87. The highest BCUT2D eigenvalue weighted by Gasteiger charge is 2.16. The van der Waals surface area contributed by atoms with E-state index in [0.717, 1.165) is 4.47 Å². The van der Waals surface area contributed by atoms with Crippen molar-refractivity contribution in [3.63, 3.8) is 0 Å². The highest BCUT2D eigenvalue weighted by atomic mass is 79.9. The fraction of sp³-hybridized carbons (Fsp3) is 0.400. The molecule has 1 amide bonds. The van der Waals surface area contributed by atoms with Crippen LogP contribution in [0.5, 0.6) is 0 Å². The van der Waals surface area contributed by atoms with Crippen LogP contribution in [0.15, 0.2) is 22.9 Å². The lowest BCUT2D eigenvalue weighted by Crippen LogP contribution is -2.27. The van der Waals surface area contributed by atoms with Gasteiger partial charge in [-0.05, 0) is 42.8 Å². The second-order valence-corrected chi connectivity index (χ2v) is 4.84. The Bertz CT molecular complexity index is 361. The summed E-state index contributed by atoms with van der Waals surface area (Å²) in [5, 5.41) is 2.60. The van der Waals surface area contributed by atoms with Crippen LogP contribution in [0.3, 0.4) is 0 Å². The lowest BCUT2D eigenvalue weighted by Gasteiger charge is -2.19. The SMILES string of the molecule is CC(C)(C)OC(=O)Nc1cnccc1Br. The molecular formula is C10H13BrN2O2. The van der Waals surface area contributed by atoms with Crippen LogP contribution in [0, 0.1) is 0 Å². The highest BCUT2D eigenvalue weighted by molar-refractivity contribution is 9.10. The second kappa shape index (κ2) is 4.61. The fourth-order valence-corrected chi connectivity index (χ4v) is 1.20. The van der Waals surface area contributed by atoms with E-state index in [9.17, 15) is 4.79 Å². The molecule has 0 radical (unpaired) electrons. The first-order chi connectivity index (χ1) is 6.88. The molecule has 1 heterocycles. The molecule has 1 aromatic rings. The molecule has 0 aromatic carbocycles. The van der Waals surface area contributed by atoms with Crippen LogP contribution < -0.4 is 5.32 Å². The molecule has 0 fully saturated rings. The average Bonchev–Trinajstić information content (AvgIpc) is 2.05. The first kappa shape index (κ1) is 12.0. The van der Waals surface area contributed by atoms with E-state index in [1.807, 2.05) is 20.8 Å². The zero-order chi connectivity index (χ0) is 11.5. The summed E-state index contributed by atoms with van der Waals surface area (Å²) in [6.07, 6.45) is 2.69. The van der Waals surface area contributed by atoms with Crippen LogP contribution >= 0.6 is 15.9 Å². The van der Waals surface area contributed by atoms with Crippen molar-refractivity contribution in [2.75, 3.05) is 5.32 Å². The number of rotatable bonds is 1. The molecule has 0 spiro atoms. The summed E-state index contributed by atoms with van der Waals surface area (Å²) in [4.78, 5) is 15.3. The lowest BCUT2D eigenvalue weighted by atomic mass is 10.2. The predicted molar refractivity (Wildman–Crippen MR) is 61.8 cm³/mol. The van der Waals surface area contributed by atoms with Crippen molar-refractivity contribution in [2.24, 2.45) is 0 Å². The Labute approximate surface area is 97.2 Å². The van der Waals surface area contributed by atoms with E-state index < -0.39 is 11.7 Å². The van der Waals surface area contributed by atoms with E-state index >= 15 is 0 Å². The number of amides is 1. The van der Waals surface area contributed by atoms with Gasteiger partial charge in [-0.3, -0.25) is 10.3 Å². The zero-order valence-corrected chi connectivity index (χ0v) is 10.5. The second-order valence-electron chi connectivity index (χ2n) is 3.98. The third-order valence-electron chi connectivity index (χ3n) is 1.40. The fourth-order valence-electron chi connectivity index (χ4n) is 0.883. The van der Waals surface area contributed by atoms with E-state index in [4.69, 9.17) is 4.74 Å². The van der Waals surface area contributed by atoms with E-state index in [0.29, 0.717) is 5.69 Å². The van der Waals surface area contributed by atoms with Crippen LogP contribution in [0.25, 0.3) is 0 Å². The number of hydrogen-bond donors (Lipinski definition) is 1. The molecule has 0 unspecified atom stereocenters. The van der Waals surface area contributed by atoms with Crippen LogP contribution in [0.2, 0.25) is 0 Å². The van der Waals surface area contributed by atoms with Crippen molar-refractivity contribution in [3.05, 3.63) is 22.9 Å². The van der Waals surface area contributed by atoms with Gasteiger partial charge >= 0.3 is 6.09 Å². The van der Waals surface area contributed by atoms with E-state index in [2.05, 4.69) is 26.2 Å². The van der Waals surface area contributed by atoms with E-state index in [1.54, 1.807) is 18.5 Å². The summed E-state index contributed by atoms with van der Waals surface area (Å²) in [6, 6.07) is 1.74. The molecule has 0 saturated heterocycles. The van der Waals surface area contributed by atoms with Gasteiger partial charge in [-0.25, -0.2) is 4.79 Å². The van der Waals surface area contributed by atoms with Crippen LogP contribution in [-0.2, 0) is 4.74 Å². The Morgan fingerprint density at radius 1 is 1.53 bits per heavy atom. The van der Waals surface area contributed by atoms with Crippen molar-refractivity contribution >= 4 is 27.7 Å². The number of halogens is 1. The van der Waals surface area contributed by atoms with Crippen LogP contribution in [0.4, 0.5) is 10.5 Å². The van der Waals surface area contributed by atoms with Crippen molar-refractivity contribution in [1.82, 2.24) is 4.98 Å². The third kappa shape index (κ3) is 4.29. The Hall–Kier alpha value is -1.10. The van der Waals surface area contributed by atoms with Crippen molar-refractivity contribution < 1.29 is 9.53 Å². The van der Waals surface area contributed by atoms with Gasteiger partial charge in [0, 0.05) is 10.7 Å². The monoisotopic (exact) mass is 272 g/mol. The Morgan fingerprint density at radius 3 is 2.73 bits per heavy atom. The summed E-state index contributed by atoms with van der Waals surface area (Å²) in [5.74, 6) is 0.